The van der Waals surface area contributed by atoms with Crippen LogP contribution in [0.1, 0.15) is 47.0 Å². The summed E-state index contributed by atoms with van der Waals surface area (Å²) in [5.74, 6) is -1.01. The summed E-state index contributed by atoms with van der Waals surface area (Å²) in [6.45, 7) is 8.42. The number of carboxylic acid groups (broad SMARTS) is 1. The fourth-order valence-corrected chi connectivity index (χ4v) is 0.777. The Bertz CT molecular complexity index is 186. The van der Waals surface area contributed by atoms with Crippen LogP contribution in [-0.4, -0.2) is 48.6 Å². The summed E-state index contributed by atoms with van der Waals surface area (Å²) in [5.41, 5.74) is 0. The number of hydrogen-bond acceptors (Lipinski definition) is 5. The van der Waals surface area contributed by atoms with Gasteiger partial charge in [-0.2, -0.15) is 0 Å². The third-order valence-electron chi connectivity index (χ3n) is 1.49. The molecule has 0 unspecified atom stereocenters. The molecule has 0 aromatic carbocycles. The number of unbranched alkanes of at least 4 members (excludes halogenated alkanes) is 2. The highest BCUT2D eigenvalue weighted by molar-refractivity contribution is 5.65. The lowest BCUT2D eigenvalue weighted by Gasteiger charge is -1.98. The van der Waals surface area contributed by atoms with E-state index in [4.69, 9.17) is 24.5 Å². The van der Waals surface area contributed by atoms with E-state index in [1.54, 1.807) is 0 Å². The Labute approximate surface area is 115 Å². The van der Waals surface area contributed by atoms with Gasteiger partial charge in [-0.3, -0.25) is 9.59 Å². The van der Waals surface area contributed by atoms with E-state index < -0.39 is 5.97 Å². The minimum absolute atomic E-state index is 0.133. The Morgan fingerprint density at radius 3 is 1.84 bits per heavy atom. The second-order valence-electron chi connectivity index (χ2n) is 3.49. The van der Waals surface area contributed by atoms with Crippen LogP contribution in [0, 0.1) is 0 Å². The number of carboxylic acids is 1. The molecule has 0 amide bonds. The van der Waals surface area contributed by atoms with Gasteiger partial charge in [-0.05, 0) is 13.3 Å². The van der Waals surface area contributed by atoms with E-state index in [1.165, 1.54) is 13.3 Å². The second-order valence-corrected chi connectivity index (χ2v) is 3.49. The van der Waals surface area contributed by atoms with E-state index in [-0.39, 0.29) is 12.6 Å². The van der Waals surface area contributed by atoms with Crippen molar-refractivity contribution >= 4 is 11.9 Å². The van der Waals surface area contributed by atoms with Gasteiger partial charge in [0.15, 0.2) is 0 Å². The molecule has 6 nitrogen and oxygen atoms in total. The molecular formula is C13H28O6. The predicted octanol–water partition coefficient (Wildman–Crippen LogP) is 1.85. The van der Waals surface area contributed by atoms with Gasteiger partial charge in [-0.15, -0.1) is 0 Å². The maximum Gasteiger partial charge on any atom is 0.302 e. The van der Waals surface area contributed by atoms with Gasteiger partial charge in [0.25, 0.3) is 5.97 Å². The molecule has 0 fully saturated rings. The standard InChI is InChI=1S/C7H14O2.C4H10O2.C2H4O2/c1-3-4-5-6-9-7(2)8;1-2-6-4-3-5;1-2(3)4/h3-6H2,1-2H3;5H,2-4H2,1H3;1H3,(H,3,4). The van der Waals surface area contributed by atoms with Gasteiger partial charge < -0.3 is 19.7 Å². The molecule has 19 heavy (non-hydrogen) atoms. The van der Waals surface area contributed by atoms with Gasteiger partial charge in [-0.25, -0.2) is 0 Å². The minimum Gasteiger partial charge on any atom is -0.481 e. The lowest BCUT2D eigenvalue weighted by Crippen LogP contribution is -1.99. The molecule has 0 aromatic heterocycles. The number of carbonyl (C=O) groups excluding carboxylic acids is 1. The van der Waals surface area contributed by atoms with E-state index in [9.17, 15) is 4.79 Å². The van der Waals surface area contributed by atoms with Gasteiger partial charge in [0.2, 0.25) is 0 Å². The van der Waals surface area contributed by atoms with Crippen LogP contribution < -0.4 is 0 Å². The van der Waals surface area contributed by atoms with Crippen molar-refractivity contribution in [3.05, 3.63) is 0 Å². The Morgan fingerprint density at radius 1 is 1.05 bits per heavy atom. The molecule has 2 N–H and O–H groups in total. The van der Waals surface area contributed by atoms with Crippen LogP contribution in [0.4, 0.5) is 0 Å². The molecule has 6 heteroatoms. The van der Waals surface area contributed by atoms with Crippen LogP contribution in [0.3, 0.4) is 0 Å². The third kappa shape index (κ3) is 60.3. The van der Waals surface area contributed by atoms with Gasteiger partial charge in [-0.1, -0.05) is 19.8 Å². The summed E-state index contributed by atoms with van der Waals surface area (Å²) in [5, 5.41) is 15.5. The van der Waals surface area contributed by atoms with Crippen LogP contribution in [0.15, 0.2) is 0 Å². The van der Waals surface area contributed by atoms with Gasteiger partial charge in [0.05, 0.1) is 19.8 Å². The molecular weight excluding hydrogens is 252 g/mol. The zero-order valence-corrected chi connectivity index (χ0v) is 12.5. The van der Waals surface area contributed by atoms with Crippen LogP contribution in [-0.2, 0) is 19.1 Å². The molecule has 0 atom stereocenters. The number of hydrogen-bond donors (Lipinski definition) is 2. The van der Waals surface area contributed by atoms with Crippen LogP contribution in [0.25, 0.3) is 0 Å². The van der Waals surface area contributed by atoms with Crippen molar-refractivity contribution in [2.24, 2.45) is 0 Å². The number of aliphatic carboxylic acids is 1. The Morgan fingerprint density at radius 2 is 1.58 bits per heavy atom. The quantitative estimate of drug-likeness (QED) is 0.546. The maximum absolute atomic E-state index is 10.2. The van der Waals surface area contributed by atoms with E-state index in [0.717, 1.165) is 19.8 Å². The molecule has 0 aliphatic carbocycles. The topological polar surface area (TPSA) is 93.1 Å². The van der Waals surface area contributed by atoms with E-state index in [0.29, 0.717) is 19.8 Å². The zero-order valence-electron chi connectivity index (χ0n) is 12.5. The largest absolute Gasteiger partial charge is 0.481 e. The number of aliphatic hydroxyl groups is 1. The number of carbonyl (C=O) groups is 2. The average Bonchev–Trinajstić information content (AvgIpc) is 2.32. The Hall–Kier alpha value is -1.14. The van der Waals surface area contributed by atoms with Gasteiger partial charge in [0, 0.05) is 20.5 Å². The molecule has 0 aromatic rings. The number of ether oxygens (including phenoxy) is 2. The number of rotatable bonds is 7. The molecule has 0 rings (SSSR count). The third-order valence-corrected chi connectivity index (χ3v) is 1.49. The molecule has 116 valence electrons. The lowest BCUT2D eigenvalue weighted by molar-refractivity contribution is -0.141. The molecule has 0 aliphatic rings. The predicted molar refractivity (Wildman–Crippen MR) is 73.0 cm³/mol. The zero-order chi connectivity index (χ0) is 15.5. The first kappa shape index (κ1) is 23.0. The highest BCUT2D eigenvalue weighted by Gasteiger charge is 1.89. The van der Waals surface area contributed by atoms with Crippen molar-refractivity contribution in [3.63, 3.8) is 0 Å². The minimum atomic E-state index is -0.833. The summed E-state index contributed by atoms with van der Waals surface area (Å²) >= 11 is 0. The monoisotopic (exact) mass is 280 g/mol. The fourth-order valence-electron chi connectivity index (χ4n) is 0.777. The van der Waals surface area contributed by atoms with Crippen LogP contribution in [0.2, 0.25) is 0 Å². The van der Waals surface area contributed by atoms with E-state index in [2.05, 4.69) is 6.92 Å². The average molecular weight is 280 g/mol. The molecule has 0 saturated heterocycles. The van der Waals surface area contributed by atoms with Crippen LogP contribution in [0.5, 0.6) is 0 Å². The summed E-state index contributed by atoms with van der Waals surface area (Å²) in [7, 11) is 0. The Balaban J connectivity index is -0.000000222. The summed E-state index contributed by atoms with van der Waals surface area (Å²) in [4.78, 5) is 19.2. The molecule has 0 heterocycles. The molecule has 0 bridgehead atoms. The van der Waals surface area contributed by atoms with E-state index >= 15 is 0 Å². The highest BCUT2D eigenvalue weighted by Crippen LogP contribution is 1.93. The smallest absolute Gasteiger partial charge is 0.302 e. The van der Waals surface area contributed by atoms with Crippen molar-refractivity contribution in [1.29, 1.82) is 0 Å². The van der Waals surface area contributed by atoms with E-state index in [1.807, 2.05) is 6.92 Å². The first-order valence-corrected chi connectivity index (χ1v) is 6.43. The molecule has 0 aliphatic heterocycles. The number of aliphatic hydroxyl groups excluding tert-OH is 1. The second kappa shape index (κ2) is 22.1. The summed E-state index contributed by atoms with van der Waals surface area (Å²) in [6, 6.07) is 0. The van der Waals surface area contributed by atoms with Crippen molar-refractivity contribution in [1.82, 2.24) is 0 Å². The van der Waals surface area contributed by atoms with Crippen LogP contribution >= 0.6 is 0 Å². The number of esters is 1. The van der Waals surface area contributed by atoms with Gasteiger partial charge >= 0.3 is 5.97 Å². The first-order valence-electron chi connectivity index (χ1n) is 6.43. The summed E-state index contributed by atoms with van der Waals surface area (Å²) in [6.07, 6.45) is 3.31. The first-order chi connectivity index (χ1) is 8.92. The molecule has 0 spiro atoms. The molecule has 0 radical (unpaired) electrons. The SMILES string of the molecule is CC(=O)O.CCCCCOC(C)=O.CCOCCO. The van der Waals surface area contributed by atoms with Crippen molar-refractivity contribution in [2.75, 3.05) is 26.4 Å². The highest BCUT2D eigenvalue weighted by atomic mass is 16.5. The molecule has 0 saturated carbocycles. The maximum atomic E-state index is 10.2. The van der Waals surface area contributed by atoms with Gasteiger partial charge in [0.1, 0.15) is 0 Å². The lowest BCUT2D eigenvalue weighted by atomic mass is 10.3. The summed E-state index contributed by atoms with van der Waals surface area (Å²) < 4.78 is 9.44. The normalized spacial score (nSPS) is 8.47. The Kier molecular flexibility index (Phi) is 26.7. The van der Waals surface area contributed by atoms with Crippen molar-refractivity contribution in [2.45, 2.75) is 47.0 Å². The van der Waals surface area contributed by atoms with Crippen molar-refractivity contribution in [3.8, 4) is 0 Å². The fraction of sp³-hybridized carbons (Fsp3) is 0.846. The van der Waals surface area contributed by atoms with Crippen molar-refractivity contribution < 1.29 is 29.3 Å².